The number of hydrogen-bond acceptors (Lipinski definition) is 2. The smallest absolute Gasteiger partial charge is 0.128 e. The van der Waals surface area contributed by atoms with Crippen molar-refractivity contribution in [1.82, 2.24) is 5.32 Å². The van der Waals surface area contributed by atoms with Crippen molar-refractivity contribution in [2.75, 3.05) is 7.05 Å². The molecule has 0 saturated heterocycles. The van der Waals surface area contributed by atoms with Gasteiger partial charge in [0.15, 0.2) is 0 Å². The Morgan fingerprint density at radius 1 is 1.31 bits per heavy atom. The normalized spacial score (nSPS) is 12.7. The van der Waals surface area contributed by atoms with Gasteiger partial charge in [0.1, 0.15) is 5.82 Å². The second-order valence-electron chi connectivity index (χ2n) is 3.80. The number of nitrogens with one attached hydrogen (secondary N) is 1. The molecule has 1 heterocycles. The van der Waals surface area contributed by atoms with E-state index >= 15 is 0 Å². The maximum atomic E-state index is 13.8. The van der Waals surface area contributed by atoms with Gasteiger partial charge in [-0.05, 0) is 48.0 Å². The molecule has 0 spiro atoms. The van der Waals surface area contributed by atoms with Crippen LogP contribution in [0.1, 0.15) is 22.7 Å². The third-order valence-electron chi connectivity index (χ3n) is 2.63. The van der Waals surface area contributed by atoms with Crippen LogP contribution in [0.2, 0.25) is 0 Å². The van der Waals surface area contributed by atoms with Crippen LogP contribution in [0.25, 0.3) is 0 Å². The van der Waals surface area contributed by atoms with Crippen molar-refractivity contribution in [3.63, 3.8) is 0 Å². The van der Waals surface area contributed by atoms with E-state index in [4.69, 9.17) is 0 Å². The standard InChI is InChI=1S/C13H14FNS/c1-9-3-4-11(12(14)7-9)13(15-2)10-5-6-16-8-10/h3-8,13,15H,1-2H3. The van der Waals surface area contributed by atoms with Crippen LogP contribution < -0.4 is 5.32 Å². The fourth-order valence-corrected chi connectivity index (χ4v) is 2.49. The van der Waals surface area contributed by atoms with Crippen molar-refractivity contribution in [1.29, 1.82) is 0 Å². The van der Waals surface area contributed by atoms with Crippen molar-refractivity contribution in [2.45, 2.75) is 13.0 Å². The van der Waals surface area contributed by atoms with Crippen molar-refractivity contribution < 1.29 is 4.39 Å². The summed E-state index contributed by atoms with van der Waals surface area (Å²) < 4.78 is 13.8. The van der Waals surface area contributed by atoms with E-state index in [-0.39, 0.29) is 11.9 Å². The molecule has 3 heteroatoms. The van der Waals surface area contributed by atoms with Crippen LogP contribution in [0, 0.1) is 12.7 Å². The molecule has 2 rings (SSSR count). The van der Waals surface area contributed by atoms with E-state index in [1.165, 1.54) is 0 Å². The highest BCUT2D eigenvalue weighted by molar-refractivity contribution is 7.08. The third-order valence-corrected chi connectivity index (χ3v) is 3.33. The summed E-state index contributed by atoms with van der Waals surface area (Å²) >= 11 is 1.62. The van der Waals surface area contributed by atoms with Gasteiger partial charge in [0, 0.05) is 5.56 Å². The zero-order valence-electron chi connectivity index (χ0n) is 9.33. The fourth-order valence-electron chi connectivity index (χ4n) is 1.81. The van der Waals surface area contributed by atoms with E-state index in [9.17, 15) is 4.39 Å². The maximum Gasteiger partial charge on any atom is 0.128 e. The first-order valence-electron chi connectivity index (χ1n) is 5.18. The first kappa shape index (κ1) is 11.3. The molecule has 0 fully saturated rings. The van der Waals surface area contributed by atoms with Gasteiger partial charge in [-0.15, -0.1) is 0 Å². The van der Waals surface area contributed by atoms with E-state index in [1.54, 1.807) is 17.4 Å². The number of thiophene rings is 1. The number of hydrogen-bond donors (Lipinski definition) is 1. The first-order chi connectivity index (χ1) is 7.72. The molecule has 1 aromatic heterocycles. The van der Waals surface area contributed by atoms with Crippen LogP contribution >= 0.6 is 11.3 Å². The second kappa shape index (κ2) is 4.76. The number of halogens is 1. The molecule has 0 aliphatic carbocycles. The highest BCUT2D eigenvalue weighted by Gasteiger charge is 2.16. The van der Waals surface area contributed by atoms with E-state index in [1.807, 2.05) is 42.9 Å². The lowest BCUT2D eigenvalue weighted by Gasteiger charge is -2.16. The van der Waals surface area contributed by atoms with Gasteiger partial charge in [-0.25, -0.2) is 4.39 Å². The van der Waals surface area contributed by atoms with Crippen LogP contribution in [0.15, 0.2) is 35.0 Å². The van der Waals surface area contributed by atoms with Gasteiger partial charge in [-0.1, -0.05) is 12.1 Å². The molecule has 2 aromatic rings. The van der Waals surface area contributed by atoms with Crippen molar-refractivity contribution >= 4 is 11.3 Å². The highest BCUT2D eigenvalue weighted by Crippen LogP contribution is 2.26. The van der Waals surface area contributed by atoms with Crippen molar-refractivity contribution in [2.24, 2.45) is 0 Å². The molecule has 1 N–H and O–H groups in total. The Hall–Kier alpha value is -1.19. The third kappa shape index (κ3) is 2.15. The number of rotatable bonds is 3. The van der Waals surface area contributed by atoms with Crippen molar-refractivity contribution in [3.8, 4) is 0 Å². The average molecular weight is 235 g/mol. The van der Waals surface area contributed by atoms with E-state index < -0.39 is 0 Å². The van der Waals surface area contributed by atoms with Gasteiger partial charge in [0.25, 0.3) is 0 Å². The SMILES string of the molecule is CNC(c1ccsc1)c1ccc(C)cc1F. The minimum absolute atomic E-state index is 0.0631. The summed E-state index contributed by atoms with van der Waals surface area (Å²) in [5, 5.41) is 7.20. The van der Waals surface area contributed by atoms with Crippen LogP contribution in [-0.4, -0.2) is 7.05 Å². The van der Waals surface area contributed by atoms with E-state index in [2.05, 4.69) is 5.32 Å². The van der Waals surface area contributed by atoms with E-state index in [0.29, 0.717) is 5.56 Å². The molecular formula is C13H14FNS. The van der Waals surface area contributed by atoms with Gasteiger partial charge < -0.3 is 5.32 Å². The Bertz CT molecular complexity index is 465. The summed E-state index contributed by atoms with van der Waals surface area (Å²) in [5.41, 5.74) is 2.75. The van der Waals surface area contributed by atoms with Gasteiger partial charge >= 0.3 is 0 Å². The Kier molecular flexibility index (Phi) is 3.36. The molecule has 0 amide bonds. The predicted octanol–water partition coefficient (Wildman–Crippen LogP) is 3.50. The molecule has 1 atom stereocenters. The summed E-state index contributed by atoms with van der Waals surface area (Å²) in [6.07, 6.45) is 0. The lowest BCUT2D eigenvalue weighted by atomic mass is 10.00. The summed E-state index contributed by atoms with van der Waals surface area (Å²) in [5.74, 6) is -0.148. The topological polar surface area (TPSA) is 12.0 Å². The van der Waals surface area contributed by atoms with Gasteiger partial charge in [-0.3, -0.25) is 0 Å². The molecule has 1 unspecified atom stereocenters. The Balaban J connectivity index is 2.41. The number of benzene rings is 1. The summed E-state index contributed by atoms with van der Waals surface area (Å²) in [6, 6.07) is 7.32. The largest absolute Gasteiger partial charge is 0.309 e. The fraction of sp³-hybridized carbons (Fsp3) is 0.231. The molecule has 0 aliphatic heterocycles. The maximum absolute atomic E-state index is 13.8. The zero-order chi connectivity index (χ0) is 11.5. The Morgan fingerprint density at radius 2 is 2.12 bits per heavy atom. The van der Waals surface area contributed by atoms with E-state index in [0.717, 1.165) is 11.1 Å². The molecule has 0 aliphatic rings. The minimum Gasteiger partial charge on any atom is -0.309 e. The summed E-state index contributed by atoms with van der Waals surface area (Å²) in [4.78, 5) is 0. The average Bonchev–Trinajstić information content (AvgIpc) is 2.75. The first-order valence-corrected chi connectivity index (χ1v) is 6.12. The van der Waals surface area contributed by atoms with Gasteiger partial charge in [0.2, 0.25) is 0 Å². The quantitative estimate of drug-likeness (QED) is 0.858. The summed E-state index contributed by atoms with van der Waals surface area (Å²) in [6.45, 7) is 1.89. The molecule has 84 valence electrons. The summed E-state index contributed by atoms with van der Waals surface area (Å²) in [7, 11) is 1.85. The molecule has 0 radical (unpaired) electrons. The molecule has 1 aromatic carbocycles. The highest BCUT2D eigenvalue weighted by atomic mass is 32.1. The molecule has 16 heavy (non-hydrogen) atoms. The van der Waals surface area contributed by atoms with Crippen LogP contribution in [0.5, 0.6) is 0 Å². The molecule has 0 bridgehead atoms. The van der Waals surface area contributed by atoms with Crippen LogP contribution in [-0.2, 0) is 0 Å². The molecule has 1 nitrogen and oxygen atoms in total. The Labute approximate surface area is 98.9 Å². The number of aryl methyl sites for hydroxylation is 1. The van der Waals surface area contributed by atoms with Crippen LogP contribution in [0.3, 0.4) is 0 Å². The lowest BCUT2D eigenvalue weighted by Crippen LogP contribution is -2.18. The second-order valence-corrected chi connectivity index (χ2v) is 4.58. The predicted molar refractivity (Wildman–Crippen MR) is 66.4 cm³/mol. The van der Waals surface area contributed by atoms with Gasteiger partial charge in [-0.2, -0.15) is 11.3 Å². The molecular weight excluding hydrogens is 221 g/mol. The monoisotopic (exact) mass is 235 g/mol. The molecule has 0 saturated carbocycles. The lowest BCUT2D eigenvalue weighted by molar-refractivity contribution is 0.576. The Morgan fingerprint density at radius 3 is 2.69 bits per heavy atom. The van der Waals surface area contributed by atoms with Crippen LogP contribution in [0.4, 0.5) is 4.39 Å². The van der Waals surface area contributed by atoms with Crippen molar-refractivity contribution in [3.05, 3.63) is 57.5 Å². The van der Waals surface area contributed by atoms with Gasteiger partial charge in [0.05, 0.1) is 6.04 Å². The zero-order valence-corrected chi connectivity index (χ0v) is 10.1. The minimum atomic E-state index is -0.148.